The lowest BCUT2D eigenvalue weighted by Crippen LogP contribution is -2.45. The van der Waals surface area contributed by atoms with Crippen molar-refractivity contribution >= 4 is 0 Å². The van der Waals surface area contributed by atoms with Crippen molar-refractivity contribution in [3.8, 4) is 0 Å². The minimum absolute atomic E-state index is 0.798. The van der Waals surface area contributed by atoms with Gasteiger partial charge >= 0.3 is 0 Å². The van der Waals surface area contributed by atoms with Gasteiger partial charge in [0.1, 0.15) is 0 Å². The van der Waals surface area contributed by atoms with Crippen molar-refractivity contribution in [3.05, 3.63) is 0 Å². The first-order valence-electron chi connectivity index (χ1n) is 7.91. The molecule has 1 aliphatic rings. The van der Waals surface area contributed by atoms with Crippen LogP contribution in [-0.4, -0.2) is 87.7 Å². The lowest BCUT2D eigenvalue weighted by atomic mass is 10.0. The molecule has 0 unspecified atom stereocenters. The van der Waals surface area contributed by atoms with E-state index in [4.69, 9.17) is 0 Å². The van der Waals surface area contributed by atoms with Crippen molar-refractivity contribution in [1.29, 1.82) is 0 Å². The first-order chi connectivity index (χ1) is 9.13. The van der Waals surface area contributed by atoms with Gasteiger partial charge in [0.25, 0.3) is 0 Å². The summed E-state index contributed by atoms with van der Waals surface area (Å²) in [6.45, 7) is 10.7. The Morgan fingerprint density at radius 1 is 1.05 bits per heavy atom. The second-order valence-corrected chi connectivity index (χ2v) is 6.05. The summed E-state index contributed by atoms with van der Waals surface area (Å²) in [6, 6.07) is 0.798. The van der Waals surface area contributed by atoms with Gasteiger partial charge in [0.2, 0.25) is 0 Å². The van der Waals surface area contributed by atoms with E-state index < -0.39 is 0 Å². The Kier molecular flexibility index (Phi) is 8.62. The van der Waals surface area contributed by atoms with Gasteiger partial charge in [-0.25, -0.2) is 0 Å². The van der Waals surface area contributed by atoms with Gasteiger partial charge in [0, 0.05) is 19.1 Å². The molecule has 0 atom stereocenters. The lowest BCUT2D eigenvalue weighted by Gasteiger charge is -2.36. The van der Waals surface area contributed by atoms with Crippen molar-refractivity contribution in [3.63, 3.8) is 0 Å². The number of likely N-dealkylation sites (tertiary alicyclic amines) is 1. The van der Waals surface area contributed by atoms with E-state index in [1.807, 2.05) is 0 Å². The number of nitrogens with zero attached hydrogens (tertiary/aromatic N) is 3. The van der Waals surface area contributed by atoms with E-state index in [0.29, 0.717) is 0 Å². The molecule has 1 N–H and O–H groups in total. The van der Waals surface area contributed by atoms with Crippen molar-refractivity contribution in [1.82, 2.24) is 20.0 Å². The molecule has 1 saturated heterocycles. The molecule has 4 nitrogen and oxygen atoms in total. The standard InChI is InChI=1S/C15H34N4/c1-5-19-12-7-15(8-13-19)18(4)14-10-16-9-6-11-17(2)3/h15-16H,5-14H2,1-4H3. The molecule has 114 valence electrons. The van der Waals surface area contributed by atoms with Gasteiger partial charge in [-0.2, -0.15) is 0 Å². The molecule has 0 bridgehead atoms. The number of piperidine rings is 1. The molecule has 0 saturated carbocycles. The Labute approximate surface area is 120 Å². The van der Waals surface area contributed by atoms with Crippen LogP contribution in [0.2, 0.25) is 0 Å². The van der Waals surface area contributed by atoms with E-state index in [0.717, 1.165) is 19.1 Å². The predicted octanol–water partition coefficient (Wildman–Crippen LogP) is 0.944. The number of likely N-dealkylation sites (N-methyl/N-ethyl adjacent to an activating group) is 1. The number of hydrogen-bond donors (Lipinski definition) is 1. The van der Waals surface area contributed by atoms with Crippen molar-refractivity contribution < 1.29 is 0 Å². The van der Waals surface area contributed by atoms with Crippen LogP contribution in [0.25, 0.3) is 0 Å². The van der Waals surface area contributed by atoms with Crippen molar-refractivity contribution in [2.24, 2.45) is 0 Å². The summed E-state index contributed by atoms with van der Waals surface area (Å²) in [5.74, 6) is 0. The minimum atomic E-state index is 0.798. The molecule has 0 aromatic carbocycles. The largest absolute Gasteiger partial charge is 0.315 e. The summed E-state index contributed by atoms with van der Waals surface area (Å²) < 4.78 is 0. The molecule has 0 aliphatic carbocycles. The third-order valence-electron chi connectivity index (χ3n) is 4.23. The van der Waals surface area contributed by atoms with E-state index in [1.165, 1.54) is 52.0 Å². The maximum Gasteiger partial charge on any atom is 0.0117 e. The molecule has 4 heteroatoms. The average Bonchev–Trinajstić information content (AvgIpc) is 2.42. The molecule has 0 radical (unpaired) electrons. The molecule has 19 heavy (non-hydrogen) atoms. The second-order valence-electron chi connectivity index (χ2n) is 6.05. The van der Waals surface area contributed by atoms with Gasteiger partial charge in [0.15, 0.2) is 0 Å². The predicted molar refractivity (Wildman–Crippen MR) is 83.8 cm³/mol. The van der Waals surface area contributed by atoms with E-state index in [9.17, 15) is 0 Å². The Balaban J connectivity index is 2.00. The molecule has 0 spiro atoms. The fourth-order valence-electron chi connectivity index (χ4n) is 2.76. The zero-order chi connectivity index (χ0) is 14.1. The molecule has 0 aromatic heterocycles. The summed E-state index contributed by atoms with van der Waals surface area (Å²) in [5.41, 5.74) is 0. The van der Waals surface area contributed by atoms with Crippen LogP contribution in [0.4, 0.5) is 0 Å². The monoisotopic (exact) mass is 270 g/mol. The first-order valence-corrected chi connectivity index (χ1v) is 7.91. The van der Waals surface area contributed by atoms with Crippen molar-refractivity contribution in [2.75, 3.05) is 67.0 Å². The average molecular weight is 270 g/mol. The Morgan fingerprint density at radius 3 is 2.32 bits per heavy atom. The zero-order valence-corrected chi connectivity index (χ0v) is 13.5. The topological polar surface area (TPSA) is 21.8 Å². The quantitative estimate of drug-likeness (QED) is 0.630. The second kappa shape index (κ2) is 9.70. The fourth-order valence-corrected chi connectivity index (χ4v) is 2.76. The molecular weight excluding hydrogens is 236 g/mol. The Morgan fingerprint density at radius 2 is 1.74 bits per heavy atom. The lowest BCUT2D eigenvalue weighted by molar-refractivity contribution is 0.132. The molecule has 1 heterocycles. The van der Waals surface area contributed by atoms with E-state index in [2.05, 4.69) is 48.1 Å². The van der Waals surface area contributed by atoms with Crippen LogP contribution in [0, 0.1) is 0 Å². The van der Waals surface area contributed by atoms with E-state index in [-0.39, 0.29) is 0 Å². The van der Waals surface area contributed by atoms with E-state index >= 15 is 0 Å². The van der Waals surface area contributed by atoms with Gasteiger partial charge in [-0.15, -0.1) is 0 Å². The number of nitrogens with one attached hydrogen (secondary N) is 1. The molecule has 1 aliphatic heterocycles. The summed E-state index contributed by atoms with van der Waals surface area (Å²) in [4.78, 5) is 7.35. The summed E-state index contributed by atoms with van der Waals surface area (Å²) >= 11 is 0. The molecule has 1 rings (SSSR count). The molecule has 0 amide bonds. The van der Waals surface area contributed by atoms with Gasteiger partial charge in [0.05, 0.1) is 0 Å². The highest BCUT2D eigenvalue weighted by molar-refractivity contribution is 4.78. The van der Waals surface area contributed by atoms with Gasteiger partial charge in [-0.3, -0.25) is 0 Å². The van der Waals surface area contributed by atoms with E-state index in [1.54, 1.807) is 0 Å². The Hall–Kier alpha value is -0.160. The molecule has 1 fully saturated rings. The van der Waals surface area contributed by atoms with Crippen LogP contribution >= 0.6 is 0 Å². The molecule has 0 aromatic rings. The van der Waals surface area contributed by atoms with Crippen LogP contribution < -0.4 is 5.32 Å². The van der Waals surface area contributed by atoms with Crippen LogP contribution in [0.1, 0.15) is 26.2 Å². The first kappa shape index (κ1) is 16.9. The van der Waals surface area contributed by atoms with Gasteiger partial charge < -0.3 is 20.0 Å². The van der Waals surface area contributed by atoms with Crippen LogP contribution in [0.15, 0.2) is 0 Å². The van der Waals surface area contributed by atoms with Crippen LogP contribution in [0.3, 0.4) is 0 Å². The van der Waals surface area contributed by atoms with Crippen LogP contribution in [-0.2, 0) is 0 Å². The highest BCUT2D eigenvalue weighted by Crippen LogP contribution is 2.14. The summed E-state index contributed by atoms with van der Waals surface area (Å²) in [5, 5.41) is 3.55. The third-order valence-corrected chi connectivity index (χ3v) is 4.23. The van der Waals surface area contributed by atoms with Crippen LogP contribution in [0.5, 0.6) is 0 Å². The maximum absolute atomic E-state index is 3.55. The van der Waals surface area contributed by atoms with Gasteiger partial charge in [-0.1, -0.05) is 6.92 Å². The third kappa shape index (κ3) is 7.25. The number of hydrogen-bond acceptors (Lipinski definition) is 4. The molecular formula is C15H34N4. The fraction of sp³-hybridized carbons (Fsp3) is 1.00. The minimum Gasteiger partial charge on any atom is -0.315 e. The normalized spacial score (nSPS) is 18.6. The maximum atomic E-state index is 3.55. The highest BCUT2D eigenvalue weighted by atomic mass is 15.2. The zero-order valence-electron chi connectivity index (χ0n) is 13.5. The van der Waals surface area contributed by atoms with Gasteiger partial charge in [-0.05, 0) is 73.1 Å². The number of rotatable bonds is 9. The Bertz CT molecular complexity index is 212. The smallest absolute Gasteiger partial charge is 0.0117 e. The summed E-state index contributed by atoms with van der Waals surface area (Å²) in [7, 11) is 6.56. The SMILES string of the molecule is CCN1CCC(N(C)CCNCCCN(C)C)CC1. The van der Waals surface area contributed by atoms with Crippen molar-refractivity contribution in [2.45, 2.75) is 32.2 Å². The summed E-state index contributed by atoms with van der Waals surface area (Å²) in [6.07, 6.45) is 3.92. The highest BCUT2D eigenvalue weighted by Gasteiger charge is 2.20.